The Kier molecular flexibility index (Phi) is 5.14. The Balaban J connectivity index is 1.77. The van der Waals surface area contributed by atoms with E-state index in [-0.39, 0.29) is 18.4 Å². The summed E-state index contributed by atoms with van der Waals surface area (Å²) >= 11 is 6.11. The highest BCUT2D eigenvalue weighted by Gasteiger charge is 2.19. The summed E-state index contributed by atoms with van der Waals surface area (Å²) in [6.45, 7) is 1.79. The van der Waals surface area contributed by atoms with Crippen molar-refractivity contribution >= 4 is 40.1 Å². The van der Waals surface area contributed by atoms with Crippen LogP contribution in [0.15, 0.2) is 48.8 Å². The lowest BCUT2D eigenvalue weighted by Gasteiger charge is -2.17. The fourth-order valence-corrected chi connectivity index (χ4v) is 2.83. The van der Waals surface area contributed by atoms with E-state index in [1.807, 2.05) is 19.1 Å². The fourth-order valence-electron chi connectivity index (χ4n) is 2.60. The highest BCUT2D eigenvalue weighted by atomic mass is 35.5. The number of hydrogen-bond donors (Lipinski definition) is 1. The number of aryl methyl sites for hydroxylation is 1. The minimum Gasteiger partial charge on any atom is -0.332 e. The van der Waals surface area contributed by atoms with Crippen molar-refractivity contribution in [3.05, 3.63) is 64.9 Å². The topological polar surface area (TPSA) is 75.2 Å². The van der Waals surface area contributed by atoms with Crippen LogP contribution in [0.1, 0.15) is 15.9 Å². The standard InChI is InChI=1S/C19H17ClN4O2/c1-12-5-7-21-16(8-12)23-17(25)11-24(2)19(26)15-10-14(20)9-13-4-3-6-22-18(13)15/h3-10H,11H2,1-2H3,(H,21,23,25). The number of carbonyl (C=O) groups excluding carboxylic acids is 2. The molecule has 2 heterocycles. The summed E-state index contributed by atoms with van der Waals surface area (Å²) in [5.74, 6) is -0.215. The monoisotopic (exact) mass is 368 g/mol. The molecule has 6 nitrogen and oxygen atoms in total. The lowest BCUT2D eigenvalue weighted by atomic mass is 10.1. The maximum Gasteiger partial charge on any atom is 0.256 e. The number of pyridine rings is 2. The molecule has 0 radical (unpaired) electrons. The Morgan fingerprint density at radius 3 is 2.73 bits per heavy atom. The van der Waals surface area contributed by atoms with Crippen molar-refractivity contribution in [1.29, 1.82) is 0 Å². The number of nitrogens with one attached hydrogen (secondary N) is 1. The van der Waals surface area contributed by atoms with Crippen LogP contribution < -0.4 is 5.32 Å². The molecule has 0 saturated heterocycles. The van der Waals surface area contributed by atoms with Crippen LogP contribution in [0.5, 0.6) is 0 Å². The number of anilines is 1. The summed E-state index contributed by atoms with van der Waals surface area (Å²) in [6.07, 6.45) is 3.23. The first-order chi connectivity index (χ1) is 12.4. The number of hydrogen-bond acceptors (Lipinski definition) is 4. The van der Waals surface area contributed by atoms with Gasteiger partial charge in [0.25, 0.3) is 5.91 Å². The van der Waals surface area contributed by atoms with Crippen LogP contribution in [-0.4, -0.2) is 40.3 Å². The molecule has 2 amide bonds. The fraction of sp³-hybridized carbons (Fsp3) is 0.158. The number of likely N-dealkylation sites (N-methyl/N-ethyl adjacent to an activating group) is 1. The molecule has 1 N–H and O–H groups in total. The second-order valence-electron chi connectivity index (χ2n) is 5.96. The number of benzene rings is 1. The molecule has 3 aromatic rings. The van der Waals surface area contributed by atoms with Gasteiger partial charge in [-0.25, -0.2) is 4.98 Å². The molecule has 0 saturated carbocycles. The SMILES string of the molecule is Cc1ccnc(NC(=O)CN(C)C(=O)c2cc(Cl)cc3cccnc23)c1. The van der Waals surface area contributed by atoms with Gasteiger partial charge in [0.2, 0.25) is 5.91 Å². The summed E-state index contributed by atoms with van der Waals surface area (Å²) < 4.78 is 0. The number of carbonyl (C=O) groups is 2. The summed E-state index contributed by atoms with van der Waals surface area (Å²) in [6, 6.07) is 10.5. The van der Waals surface area contributed by atoms with Gasteiger partial charge in [-0.1, -0.05) is 17.7 Å². The van der Waals surface area contributed by atoms with Crippen molar-refractivity contribution in [2.75, 3.05) is 18.9 Å². The highest BCUT2D eigenvalue weighted by Crippen LogP contribution is 2.23. The number of amides is 2. The zero-order chi connectivity index (χ0) is 18.7. The molecule has 3 rings (SSSR count). The van der Waals surface area contributed by atoms with Crippen LogP contribution >= 0.6 is 11.6 Å². The molecule has 0 spiro atoms. The number of halogens is 1. The largest absolute Gasteiger partial charge is 0.332 e. The van der Waals surface area contributed by atoms with E-state index in [1.54, 1.807) is 43.7 Å². The quantitative estimate of drug-likeness (QED) is 0.766. The first-order valence-electron chi connectivity index (χ1n) is 7.96. The average Bonchev–Trinajstić information content (AvgIpc) is 2.60. The van der Waals surface area contributed by atoms with Crippen LogP contribution in [-0.2, 0) is 4.79 Å². The Bertz CT molecular complexity index is 990. The Hall–Kier alpha value is -2.99. The molecule has 0 atom stereocenters. The van der Waals surface area contributed by atoms with Gasteiger partial charge < -0.3 is 10.2 Å². The molecule has 1 aromatic carbocycles. The van der Waals surface area contributed by atoms with Gasteiger partial charge in [-0.05, 0) is 42.8 Å². The molecule has 132 valence electrons. The van der Waals surface area contributed by atoms with Gasteiger partial charge in [0, 0.05) is 29.9 Å². The molecule has 7 heteroatoms. The second-order valence-corrected chi connectivity index (χ2v) is 6.39. The molecule has 0 unspecified atom stereocenters. The molecular weight excluding hydrogens is 352 g/mol. The number of nitrogens with zero attached hydrogens (tertiary/aromatic N) is 3. The Morgan fingerprint density at radius 2 is 1.96 bits per heavy atom. The van der Waals surface area contributed by atoms with Crippen LogP contribution in [0.3, 0.4) is 0 Å². The van der Waals surface area contributed by atoms with E-state index < -0.39 is 0 Å². The summed E-state index contributed by atoms with van der Waals surface area (Å²) in [7, 11) is 1.56. The highest BCUT2D eigenvalue weighted by molar-refractivity contribution is 6.32. The average molecular weight is 369 g/mol. The van der Waals surface area contributed by atoms with Crippen LogP contribution in [0, 0.1) is 6.92 Å². The van der Waals surface area contributed by atoms with Crippen molar-refractivity contribution in [3.8, 4) is 0 Å². The van der Waals surface area contributed by atoms with Crippen molar-refractivity contribution in [2.24, 2.45) is 0 Å². The third-order valence-electron chi connectivity index (χ3n) is 3.81. The maximum absolute atomic E-state index is 12.8. The minimum atomic E-state index is -0.335. The first kappa shape index (κ1) is 17.8. The van der Waals surface area contributed by atoms with E-state index in [4.69, 9.17) is 11.6 Å². The van der Waals surface area contributed by atoms with Gasteiger partial charge in [0.1, 0.15) is 5.82 Å². The number of rotatable bonds is 4. The molecule has 0 aliphatic rings. The molecule has 0 bridgehead atoms. The van der Waals surface area contributed by atoms with Gasteiger partial charge in [0.05, 0.1) is 17.6 Å². The van der Waals surface area contributed by atoms with Gasteiger partial charge in [-0.15, -0.1) is 0 Å². The number of aromatic nitrogens is 2. The summed E-state index contributed by atoms with van der Waals surface area (Å²) in [4.78, 5) is 34.7. The van der Waals surface area contributed by atoms with Crippen molar-refractivity contribution < 1.29 is 9.59 Å². The van der Waals surface area contributed by atoms with Gasteiger partial charge in [0.15, 0.2) is 0 Å². The third-order valence-corrected chi connectivity index (χ3v) is 4.03. The lowest BCUT2D eigenvalue weighted by molar-refractivity contribution is -0.116. The molecule has 0 aliphatic heterocycles. The number of fused-ring (bicyclic) bond motifs is 1. The van der Waals surface area contributed by atoms with Crippen molar-refractivity contribution in [1.82, 2.24) is 14.9 Å². The normalized spacial score (nSPS) is 10.6. The third kappa shape index (κ3) is 3.97. The van der Waals surface area contributed by atoms with E-state index in [9.17, 15) is 9.59 Å². The minimum absolute atomic E-state index is 0.116. The predicted molar refractivity (Wildman–Crippen MR) is 101 cm³/mol. The van der Waals surface area contributed by atoms with E-state index >= 15 is 0 Å². The van der Waals surface area contributed by atoms with E-state index in [0.717, 1.165) is 10.9 Å². The molecular formula is C19H17ClN4O2. The second kappa shape index (κ2) is 7.49. The van der Waals surface area contributed by atoms with Crippen LogP contribution in [0.4, 0.5) is 5.82 Å². The van der Waals surface area contributed by atoms with Gasteiger partial charge in [-0.3, -0.25) is 14.6 Å². The first-order valence-corrected chi connectivity index (χ1v) is 8.34. The summed E-state index contributed by atoms with van der Waals surface area (Å²) in [5.41, 5.74) is 1.89. The molecule has 0 aliphatic carbocycles. The molecule has 26 heavy (non-hydrogen) atoms. The Labute approximate surface area is 155 Å². The molecule has 0 fully saturated rings. The van der Waals surface area contributed by atoms with Gasteiger partial charge >= 0.3 is 0 Å². The smallest absolute Gasteiger partial charge is 0.256 e. The summed E-state index contributed by atoms with van der Waals surface area (Å²) in [5, 5.41) is 3.89. The van der Waals surface area contributed by atoms with Gasteiger partial charge in [-0.2, -0.15) is 0 Å². The van der Waals surface area contributed by atoms with E-state index in [2.05, 4.69) is 15.3 Å². The zero-order valence-corrected chi connectivity index (χ0v) is 15.1. The van der Waals surface area contributed by atoms with Crippen LogP contribution in [0.25, 0.3) is 10.9 Å². The zero-order valence-electron chi connectivity index (χ0n) is 14.4. The predicted octanol–water partition coefficient (Wildman–Crippen LogP) is 3.30. The lowest BCUT2D eigenvalue weighted by Crippen LogP contribution is -2.35. The van der Waals surface area contributed by atoms with Crippen molar-refractivity contribution in [2.45, 2.75) is 6.92 Å². The maximum atomic E-state index is 12.8. The van der Waals surface area contributed by atoms with Crippen molar-refractivity contribution in [3.63, 3.8) is 0 Å². The van der Waals surface area contributed by atoms with E-state index in [1.165, 1.54) is 4.90 Å². The van der Waals surface area contributed by atoms with Crippen LogP contribution in [0.2, 0.25) is 5.02 Å². The molecule has 2 aromatic heterocycles. The van der Waals surface area contributed by atoms with E-state index in [0.29, 0.717) is 21.9 Å². The Morgan fingerprint density at radius 1 is 1.15 bits per heavy atom.